The molecule has 3 aliphatic rings. The summed E-state index contributed by atoms with van der Waals surface area (Å²) >= 11 is 15.2. The van der Waals surface area contributed by atoms with Gasteiger partial charge in [0.2, 0.25) is 17.7 Å². The van der Waals surface area contributed by atoms with Gasteiger partial charge in [-0.15, -0.1) is 0 Å². The summed E-state index contributed by atoms with van der Waals surface area (Å²) < 4.78 is 1.46. The molecule has 1 aromatic heterocycles. The number of likely N-dealkylation sites (tertiary alicyclic amines) is 1. The number of amides is 3. The molecule has 3 aliphatic heterocycles. The average Bonchev–Trinajstić information content (AvgIpc) is 3.37. The normalized spacial score (nSPS) is 22.9. The van der Waals surface area contributed by atoms with Crippen molar-refractivity contribution in [3.63, 3.8) is 0 Å². The van der Waals surface area contributed by atoms with Crippen molar-refractivity contribution in [2.24, 2.45) is 5.92 Å². The van der Waals surface area contributed by atoms with E-state index in [9.17, 15) is 19.2 Å². The van der Waals surface area contributed by atoms with Crippen LogP contribution in [-0.2, 0) is 20.9 Å². The standard InChI is InChI=1S/C27H23Cl2N3O4S2/c28-17-11-7-10-16(21(17)29)19-20-22(25(35)32(24(20)34)15-8-3-1-4-9-15)37-26-23(19)38-27(36)31(26)14-18(33)30-12-5-2-6-13-30/h1,3-4,7-11,19-20,22H,2,5-6,12-14H2. The Balaban J connectivity index is 1.47. The van der Waals surface area contributed by atoms with E-state index in [0.29, 0.717) is 39.3 Å². The summed E-state index contributed by atoms with van der Waals surface area (Å²) in [6, 6.07) is 14.0. The first-order chi connectivity index (χ1) is 18.4. The molecule has 3 aromatic rings. The molecule has 4 heterocycles. The number of anilines is 1. The molecular formula is C27H23Cl2N3O4S2. The van der Waals surface area contributed by atoms with Crippen LogP contribution in [0.15, 0.2) is 58.4 Å². The summed E-state index contributed by atoms with van der Waals surface area (Å²) in [5.74, 6) is -2.25. The monoisotopic (exact) mass is 587 g/mol. The number of carbonyl (C=O) groups excluding carboxylic acids is 3. The molecule has 2 saturated heterocycles. The predicted molar refractivity (Wildman–Crippen MR) is 149 cm³/mol. The van der Waals surface area contributed by atoms with Crippen molar-refractivity contribution in [3.05, 3.63) is 78.7 Å². The molecule has 7 nitrogen and oxygen atoms in total. The van der Waals surface area contributed by atoms with Crippen LogP contribution in [0.2, 0.25) is 10.0 Å². The van der Waals surface area contributed by atoms with Crippen molar-refractivity contribution in [3.8, 4) is 0 Å². The Kier molecular flexibility index (Phi) is 6.88. The van der Waals surface area contributed by atoms with Crippen LogP contribution in [0.5, 0.6) is 0 Å². The Morgan fingerprint density at radius 3 is 2.39 bits per heavy atom. The summed E-state index contributed by atoms with van der Waals surface area (Å²) in [5, 5.41) is 0.375. The number of rotatable bonds is 4. The van der Waals surface area contributed by atoms with Gasteiger partial charge in [0.25, 0.3) is 0 Å². The summed E-state index contributed by atoms with van der Waals surface area (Å²) in [7, 11) is 0. The molecule has 2 aromatic carbocycles. The van der Waals surface area contributed by atoms with Gasteiger partial charge in [-0.25, -0.2) is 4.90 Å². The van der Waals surface area contributed by atoms with E-state index in [-0.39, 0.29) is 34.2 Å². The quantitative estimate of drug-likeness (QED) is 0.400. The highest BCUT2D eigenvalue weighted by Crippen LogP contribution is 2.55. The minimum atomic E-state index is -0.777. The Labute approximate surface area is 237 Å². The maximum absolute atomic E-state index is 13.9. The molecule has 196 valence electrons. The molecule has 3 unspecified atom stereocenters. The molecule has 0 radical (unpaired) electrons. The fourth-order valence-corrected chi connectivity index (χ4v) is 8.75. The molecule has 11 heteroatoms. The molecule has 0 N–H and O–H groups in total. The average molecular weight is 589 g/mol. The maximum Gasteiger partial charge on any atom is 0.308 e. The van der Waals surface area contributed by atoms with E-state index in [2.05, 4.69) is 0 Å². The molecule has 2 fully saturated rings. The first-order valence-electron chi connectivity index (χ1n) is 12.4. The molecule has 0 saturated carbocycles. The van der Waals surface area contributed by atoms with Crippen LogP contribution in [-0.4, -0.2) is 45.5 Å². The second-order valence-electron chi connectivity index (χ2n) is 9.60. The van der Waals surface area contributed by atoms with Gasteiger partial charge >= 0.3 is 4.87 Å². The van der Waals surface area contributed by atoms with Gasteiger partial charge in [0, 0.05) is 23.9 Å². The van der Waals surface area contributed by atoms with Crippen LogP contribution >= 0.6 is 46.3 Å². The summed E-state index contributed by atoms with van der Waals surface area (Å²) in [6.45, 7) is 1.25. The van der Waals surface area contributed by atoms with Gasteiger partial charge in [-0.05, 0) is 43.0 Å². The van der Waals surface area contributed by atoms with Gasteiger partial charge in [0.1, 0.15) is 11.8 Å². The van der Waals surface area contributed by atoms with Crippen LogP contribution in [0.3, 0.4) is 0 Å². The van der Waals surface area contributed by atoms with Crippen LogP contribution < -0.4 is 9.77 Å². The van der Waals surface area contributed by atoms with Gasteiger partial charge in [-0.3, -0.25) is 23.7 Å². The first-order valence-corrected chi connectivity index (χ1v) is 14.9. The third-order valence-electron chi connectivity index (χ3n) is 7.38. The third-order valence-corrected chi connectivity index (χ3v) is 10.8. The first kappa shape index (κ1) is 25.7. The molecule has 0 spiro atoms. The van der Waals surface area contributed by atoms with Gasteiger partial charge in [0.05, 0.1) is 26.7 Å². The molecule has 3 amide bonds. The maximum atomic E-state index is 13.9. The smallest absolute Gasteiger partial charge is 0.308 e. The van der Waals surface area contributed by atoms with Crippen LogP contribution in [0.25, 0.3) is 0 Å². The van der Waals surface area contributed by atoms with Gasteiger partial charge in [-0.1, -0.05) is 76.6 Å². The van der Waals surface area contributed by atoms with Crippen molar-refractivity contribution < 1.29 is 14.4 Å². The van der Waals surface area contributed by atoms with E-state index in [4.69, 9.17) is 23.2 Å². The summed E-state index contributed by atoms with van der Waals surface area (Å²) in [4.78, 5) is 57.4. The molecule has 0 aliphatic carbocycles. The van der Waals surface area contributed by atoms with E-state index in [1.54, 1.807) is 47.4 Å². The van der Waals surface area contributed by atoms with Gasteiger partial charge < -0.3 is 4.90 Å². The predicted octanol–water partition coefficient (Wildman–Crippen LogP) is 5.02. The Hall–Kier alpha value is -2.59. The number of fused-ring (bicyclic) bond motifs is 2. The zero-order chi connectivity index (χ0) is 26.6. The number of halogens is 2. The molecular weight excluding hydrogens is 565 g/mol. The van der Waals surface area contributed by atoms with Crippen molar-refractivity contribution in [2.75, 3.05) is 18.0 Å². The molecule has 3 atom stereocenters. The number of thiazole rings is 1. The number of nitrogens with zero attached hydrogens (tertiary/aromatic N) is 3. The zero-order valence-electron chi connectivity index (χ0n) is 20.1. The van der Waals surface area contributed by atoms with E-state index in [1.165, 1.54) is 21.2 Å². The Bertz CT molecular complexity index is 1500. The van der Waals surface area contributed by atoms with Crippen molar-refractivity contribution >= 4 is 69.7 Å². The highest BCUT2D eigenvalue weighted by atomic mass is 35.5. The van der Waals surface area contributed by atoms with Crippen molar-refractivity contribution in [1.29, 1.82) is 0 Å². The Morgan fingerprint density at radius 1 is 0.921 bits per heavy atom. The number of benzene rings is 2. The SMILES string of the molecule is O=C(Cn1c2c(sc1=O)C(c1cccc(Cl)c1Cl)C1C(=O)N(c3ccccc3)C(=O)C1S2)N1CCCCC1. The lowest BCUT2D eigenvalue weighted by molar-refractivity contribution is -0.133. The number of hydrogen-bond donors (Lipinski definition) is 0. The molecule has 38 heavy (non-hydrogen) atoms. The summed E-state index contributed by atoms with van der Waals surface area (Å²) in [5.41, 5.74) is 1.08. The summed E-state index contributed by atoms with van der Waals surface area (Å²) in [6.07, 6.45) is 2.98. The second kappa shape index (κ2) is 10.2. The van der Waals surface area contributed by atoms with Gasteiger partial charge in [-0.2, -0.15) is 0 Å². The van der Waals surface area contributed by atoms with E-state index in [1.807, 2.05) is 6.07 Å². The lowest BCUT2D eigenvalue weighted by Crippen LogP contribution is -2.39. The highest BCUT2D eigenvalue weighted by Gasteiger charge is 2.57. The lowest BCUT2D eigenvalue weighted by Gasteiger charge is -2.31. The molecule has 6 rings (SSSR count). The number of aromatic nitrogens is 1. The highest BCUT2D eigenvalue weighted by molar-refractivity contribution is 8.00. The topological polar surface area (TPSA) is 79.7 Å². The van der Waals surface area contributed by atoms with E-state index >= 15 is 0 Å². The number of imide groups is 1. The lowest BCUT2D eigenvalue weighted by atomic mass is 9.83. The second-order valence-corrected chi connectivity index (χ2v) is 12.5. The van der Waals surface area contributed by atoms with Crippen molar-refractivity contribution in [1.82, 2.24) is 9.47 Å². The van der Waals surface area contributed by atoms with Crippen LogP contribution in [0, 0.1) is 5.92 Å². The van der Waals surface area contributed by atoms with Gasteiger partial charge in [0.15, 0.2) is 0 Å². The molecule has 0 bridgehead atoms. The Morgan fingerprint density at radius 2 is 1.66 bits per heavy atom. The minimum Gasteiger partial charge on any atom is -0.341 e. The van der Waals surface area contributed by atoms with E-state index < -0.39 is 17.1 Å². The van der Waals surface area contributed by atoms with E-state index in [0.717, 1.165) is 30.6 Å². The largest absolute Gasteiger partial charge is 0.341 e. The number of piperidine rings is 1. The van der Waals surface area contributed by atoms with Crippen LogP contribution in [0.4, 0.5) is 5.69 Å². The third kappa shape index (κ3) is 4.20. The van der Waals surface area contributed by atoms with Crippen LogP contribution in [0.1, 0.15) is 35.6 Å². The number of carbonyl (C=O) groups is 3. The minimum absolute atomic E-state index is 0.102. The van der Waals surface area contributed by atoms with Crippen molar-refractivity contribution in [2.45, 2.75) is 42.0 Å². The fourth-order valence-electron chi connectivity index (χ4n) is 5.56. The number of para-hydroxylation sites is 1. The zero-order valence-corrected chi connectivity index (χ0v) is 23.3. The number of thioether (sulfide) groups is 1. The number of hydrogen-bond acceptors (Lipinski definition) is 6. The fraction of sp³-hybridized carbons (Fsp3) is 0.333.